The number of benzene rings is 3. The molecular formula is C24H22N4O5S2. The number of rotatable bonds is 8. The van der Waals surface area contributed by atoms with Gasteiger partial charge in [0.25, 0.3) is 0 Å². The predicted molar refractivity (Wildman–Crippen MR) is 135 cm³/mol. The van der Waals surface area contributed by atoms with E-state index in [2.05, 4.69) is 5.32 Å². The van der Waals surface area contributed by atoms with Gasteiger partial charge in [0, 0.05) is 10.1 Å². The number of amidine groups is 1. The molecular weight excluding hydrogens is 488 g/mol. The average molecular weight is 511 g/mol. The fourth-order valence-corrected chi connectivity index (χ4v) is 5.04. The van der Waals surface area contributed by atoms with E-state index in [1.165, 1.54) is 29.5 Å². The van der Waals surface area contributed by atoms with Crippen LogP contribution in [0.15, 0.2) is 83.8 Å². The van der Waals surface area contributed by atoms with Crippen LogP contribution in [-0.2, 0) is 14.8 Å². The van der Waals surface area contributed by atoms with Gasteiger partial charge in [-0.05, 0) is 35.9 Å². The zero-order chi connectivity index (χ0) is 25.0. The molecule has 0 bridgehead atoms. The van der Waals surface area contributed by atoms with E-state index in [1.54, 1.807) is 18.2 Å². The number of anilines is 1. The van der Waals surface area contributed by atoms with Gasteiger partial charge in [-0.1, -0.05) is 48.5 Å². The first-order valence-corrected chi connectivity index (χ1v) is 12.7. The van der Waals surface area contributed by atoms with E-state index in [0.717, 1.165) is 15.6 Å². The minimum absolute atomic E-state index is 0.0111. The Hall–Kier alpha value is -3.93. The Bertz CT molecular complexity index is 1490. The van der Waals surface area contributed by atoms with E-state index in [0.29, 0.717) is 10.6 Å². The monoisotopic (exact) mass is 510 g/mol. The zero-order valence-electron chi connectivity index (χ0n) is 18.3. The molecule has 3 aromatic carbocycles. The van der Waals surface area contributed by atoms with Gasteiger partial charge >= 0.3 is 6.09 Å². The number of hydrogen-bond acceptors (Lipinski definition) is 7. The van der Waals surface area contributed by atoms with Gasteiger partial charge < -0.3 is 15.2 Å². The number of primary sulfonamides is 1. The lowest BCUT2D eigenvalue weighted by Gasteiger charge is -2.20. The van der Waals surface area contributed by atoms with Gasteiger partial charge in [-0.15, -0.1) is 11.3 Å². The smallest absolute Gasteiger partial charge is 0.411 e. The number of nitrogen functional groups attached to an aromatic ring is 1. The maximum atomic E-state index is 12.5. The van der Waals surface area contributed by atoms with Gasteiger partial charge in [0.2, 0.25) is 10.0 Å². The van der Waals surface area contributed by atoms with Crippen molar-refractivity contribution in [3.63, 3.8) is 0 Å². The lowest BCUT2D eigenvalue weighted by molar-refractivity contribution is 0.0910. The molecule has 0 aliphatic carbocycles. The Balaban J connectivity index is 1.55. The second-order valence-electron chi connectivity index (χ2n) is 7.47. The van der Waals surface area contributed by atoms with E-state index < -0.39 is 22.2 Å². The number of nitrogens with two attached hydrogens (primary N) is 2. The van der Waals surface area contributed by atoms with E-state index in [-0.39, 0.29) is 23.0 Å². The number of nitrogens with one attached hydrogen (secondary N) is 2. The summed E-state index contributed by atoms with van der Waals surface area (Å²) in [6.45, 7) is -0.159. The van der Waals surface area contributed by atoms with Crippen molar-refractivity contribution in [1.82, 2.24) is 0 Å². The standard InChI is InChI=1S/C24H22N4O5S2/c25-23(26)21-13-16-18(10-6-11-20(16)34-21)33-19(15-7-2-1-3-8-15)14-32-24(29)28-17-9-4-5-12-22(17)35(27,30)31/h1-13,19H,14H2,(H3,25,26)(H,28,29)(H2,27,30,31). The molecule has 1 amide bonds. The first-order valence-electron chi connectivity index (χ1n) is 10.4. The molecule has 4 aromatic rings. The molecule has 9 nitrogen and oxygen atoms in total. The first kappa shape index (κ1) is 24.2. The van der Waals surface area contributed by atoms with Crippen molar-refractivity contribution in [2.24, 2.45) is 10.9 Å². The van der Waals surface area contributed by atoms with Gasteiger partial charge in [-0.3, -0.25) is 10.7 Å². The van der Waals surface area contributed by atoms with Gasteiger partial charge in [0.15, 0.2) is 6.10 Å². The molecule has 1 heterocycles. The lowest BCUT2D eigenvalue weighted by Crippen LogP contribution is -2.22. The highest BCUT2D eigenvalue weighted by atomic mass is 32.2. The molecule has 11 heteroatoms. The molecule has 0 aliphatic heterocycles. The minimum Gasteiger partial charge on any atom is -0.481 e. The van der Waals surface area contributed by atoms with Gasteiger partial charge in [0.05, 0.1) is 10.6 Å². The van der Waals surface area contributed by atoms with Crippen molar-refractivity contribution in [2.45, 2.75) is 11.0 Å². The molecule has 0 fully saturated rings. The summed E-state index contributed by atoms with van der Waals surface area (Å²) in [7, 11) is -4.04. The van der Waals surface area contributed by atoms with E-state index >= 15 is 0 Å². The highest BCUT2D eigenvalue weighted by Gasteiger charge is 2.20. The number of carbonyl (C=O) groups is 1. The third kappa shape index (κ3) is 5.77. The first-order chi connectivity index (χ1) is 16.7. The number of amides is 1. The molecule has 0 saturated carbocycles. The van der Waals surface area contributed by atoms with Gasteiger partial charge in [-0.2, -0.15) is 0 Å². The van der Waals surface area contributed by atoms with Crippen LogP contribution < -0.4 is 20.9 Å². The molecule has 0 saturated heterocycles. The Morgan fingerprint density at radius 3 is 2.46 bits per heavy atom. The second-order valence-corrected chi connectivity index (χ2v) is 10.1. The summed E-state index contributed by atoms with van der Waals surface area (Å²) in [6, 6.07) is 22.3. The van der Waals surface area contributed by atoms with Crippen LogP contribution in [0.2, 0.25) is 0 Å². The van der Waals surface area contributed by atoms with Crippen molar-refractivity contribution >= 4 is 49.1 Å². The van der Waals surface area contributed by atoms with Crippen LogP contribution >= 0.6 is 11.3 Å². The molecule has 0 radical (unpaired) electrons. The second kappa shape index (κ2) is 10.1. The summed E-state index contributed by atoms with van der Waals surface area (Å²) in [4.78, 5) is 12.9. The molecule has 0 spiro atoms. The summed E-state index contributed by atoms with van der Waals surface area (Å²) in [6.07, 6.45) is -1.53. The summed E-state index contributed by atoms with van der Waals surface area (Å²) >= 11 is 1.38. The van der Waals surface area contributed by atoms with Crippen molar-refractivity contribution in [3.05, 3.63) is 89.3 Å². The Morgan fingerprint density at radius 1 is 1.03 bits per heavy atom. The third-order valence-corrected chi connectivity index (χ3v) is 7.13. The Morgan fingerprint density at radius 2 is 1.74 bits per heavy atom. The topological polar surface area (TPSA) is 158 Å². The number of fused-ring (bicyclic) bond motifs is 1. The predicted octanol–water partition coefficient (Wildman–Crippen LogP) is 4.20. The quantitative estimate of drug-likeness (QED) is 0.205. The largest absolute Gasteiger partial charge is 0.481 e. The number of thiophene rings is 1. The van der Waals surface area contributed by atoms with Crippen LogP contribution in [0, 0.1) is 5.41 Å². The van der Waals surface area contributed by atoms with Crippen molar-refractivity contribution in [3.8, 4) is 5.75 Å². The minimum atomic E-state index is -4.04. The zero-order valence-corrected chi connectivity index (χ0v) is 19.9. The maximum absolute atomic E-state index is 12.5. The maximum Gasteiger partial charge on any atom is 0.411 e. The van der Waals surface area contributed by atoms with Crippen molar-refractivity contribution < 1.29 is 22.7 Å². The number of ether oxygens (including phenoxy) is 2. The van der Waals surface area contributed by atoms with Crippen LogP contribution in [0.5, 0.6) is 5.75 Å². The number of hydrogen-bond donors (Lipinski definition) is 4. The summed E-state index contributed by atoms with van der Waals surface area (Å²) < 4.78 is 36.1. The Kier molecular flexibility index (Phi) is 7.01. The normalized spacial score (nSPS) is 12.1. The highest BCUT2D eigenvalue weighted by Crippen LogP contribution is 2.35. The van der Waals surface area contributed by atoms with Crippen LogP contribution in [0.3, 0.4) is 0 Å². The third-order valence-electron chi connectivity index (χ3n) is 5.02. The lowest BCUT2D eigenvalue weighted by atomic mass is 10.1. The SMILES string of the molecule is N=C(N)c1cc2c(OC(COC(=O)Nc3ccccc3S(N)(=O)=O)c3ccccc3)cccc2s1. The number of sulfonamides is 1. The molecule has 1 atom stereocenters. The van der Waals surface area contributed by atoms with Crippen LogP contribution in [0.4, 0.5) is 10.5 Å². The van der Waals surface area contributed by atoms with Crippen molar-refractivity contribution in [2.75, 3.05) is 11.9 Å². The molecule has 4 rings (SSSR count). The van der Waals surface area contributed by atoms with Crippen LogP contribution in [0.25, 0.3) is 10.1 Å². The molecule has 1 aromatic heterocycles. The van der Waals surface area contributed by atoms with E-state index in [4.69, 9.17) is 25.8 Å². The summed E-state index contributed by atoms with van der Waals surface area (Å²) in [5, 5.41) is 16.1. The Labute approximate surface area is 205 Å². The fourth-order valence-electron chi connectivity index (χ4n) is 3.40. The van der Waals surface area contributed by atoms with Gasteiger partial charge in [-0.25, -0.2) is 18.4 Å². The summed E-state index contributed by atoms with van der Waals surface area (Å²) in [5.74, 6) is 0.514. The van der Waals surface area contributed by atoms with E-state index in [9.17, 15) is 13.2 Å². The van der Waals surface area contributed by atoms with E-state index in [1.807, 2.05) is 42.5 Å². The van der Waals surface area contributed by atoms with Gasteiger partial charge in [0.1, 0.15) is 23.1 Å². The fraction of sp³-hybridized carbons (Fsp3) is 0.0833. The molecule has 6 N–H and O–H groups in total. The average Bonchev–Trinajstić information content (AvgIpc) is 3.28. The summed E-state index contributed by atoms with van der Waals surface area (Å²) in [5.41, 5.74) is 6.42. The molecule has 0 aliphatic rings. The molecule has 1 unspecified atom stereocenters. The van der Waals surface area contributed by atoms with Crippen molar-refractivity contribution in [1.29, 1.82) is 5.41 Å². The van der Waals surface area contributed by atoms with Crippen LogP contribution in [-0.4, -0.2) is 27.0 Å². The number of para-hydroxylation sites is 1. The van der Waals surface area contributed by atoms with Crippen LogP contribution in [0.1, 0.15) is 16.5 Å². The molecule has 180 valence electrons. The highest BCUT2D eigenvalue weighted by molar-refractivity contribution is 7.89. The molecule has 35 heavy (non-hydrogen) atoms. The number of carbonyl (C=O) groups excluding carboxylic acids is 1.